The third-order valence-electron chi connectivity index (χ3n) is 2.96. The van der Waals surface area contributed by atoms with E-state index in [0.717, 1.165) is 12.8 Å². The van der Waals surface area contributed by atoms with Gasteiger partial charge in [-0.15, -0.1) is 0 Å². The first-order valence-electron chi connectivity index (χ1n) is 6.15. The fourth-order valence-electron chi connectivity index (χ4n) is 1.81. The number of hydrogen-bond acceptors (Lipinski definition) is 4. The molecule has 0 aliphatic heterocycles. The van der Waals surface area contributed by atoms with E-state index in [9.17, 15) is 4.79 Å². The molecule has 0 aromatic heterocycles. The first-order valence-corrected chi connectivity index (χ1v) is 6.15. The lowest BCUT2D eigenvalue weighted by molar-refractivity contribution is -0.123. The van der Waals surface area contributed by atoms with Crippen LogP contribution in [0.3, 0.4) is 0 Å². The van der Waals surface area contributed by atoms with Crippen molar-refractivity contribution in [1.82, 2.24) is 5.32 Å². The summed E-state index contributed by atoms with van der Waals surface area (Å²) in [6.45, 7) is -0.0913. The molecule has 2 rings (SSSR count). The zero-order chi connectivity index (χ0) is 13.7. The van der Waals surface area contributed by atoms with Crippen LogP contribution in [0.5, 0.6) is 5.75 Å². The van der Waals surface area contributed by atoms with Gasteiger partial charge in [0, 0.05) is 0 Å². The number of benzene rings is 1. The molecule has 1 fully saturated rings. The Kier molecular flexibility index (Phi) is 4.22. The number of carbonyl (C=O) groups is 1. The van der Waals surface area contributed by atoms with E-state index in [2.05, 4.69) is 10.5 Å². The molecule has 1 aliphatic carbocycles. The third-order valence-corrected chi connectivity index (χ3v) is 2.96. The molecule has 0 radical (unpaired) electrons. The minimum Gasteiger partial charge on any atom is -0.484 e. The normalized spacial score (nSPS) is 16.7. The Morgan fingerprint density at radius 1 is 1.47 bits per heavy atom. The summed E-state index contributed by atoms with van der Waals surface area (Å²) < 4.78 is 5.33. The maximum absolute atomic E-state index is 11.8. The van der Waals surface area contributed by atoms with Gasteiger partial charge in [-0.3, -0.25) is 4.79 Å². The molecule has 4 N–H and O–H groups in total. The Bertz CT molecular complexity index is 457. The first-order chi connectivity index (χ1) is 9.20. The van der Waals surface area contributed by atoms with Crippen LogP contribution in [0.1, 0.15) is 12.8 Å². The Morgan fingerprint density at radius 3 is 2.74 bits per heavy atom. The summed E-state index contributed by atoms with van der Waals surface area (Å²) in [5, 5.41) is 14.4. The van der Waals surface area contributed by atoms with Gasteiger partial charge in [0.1, 0.15) is 5.75 Å². The lowest BCUT2D eigenvalue weighted by atomic mass is 10.1. The van der Waals surface area contributed by atoms with Gasteiger partial charge in [0.25, 0.3) is 5.91 Å². The zero-order valence-corrected chi connectivity index (χ0v) is 10.5. The van der Waals surface area contributed by atoms with Crippen molar-refractivity contribution in [3.8, 4) is 5.75 Å². The molecule has 1 saturated carbocycles. The minimum atomic E-state index is -0.406. The number of rotatable bonds is 6. The first kappa shape index (κ1) is 13.2. The maximum Gasteiger partial charge on any atom is 0.258 e. The van der Waals surface area contributed by atoms with Crippen LogP contribution in [0.25, 0.3) is 0 Å². The molecule has 102 valence electrons. The fourth-order valence-corrected chi connectivity index (χ4v) is 1.81. The predicted molar refractivity (Wildman–Crippen MR) is 70.0 cm³/mol. The molecule has 19 heavy (non-hydrogen) atoms. The van der Waals surface area contributed by atoms with E-state index in [1.807, 2.05) is 18.2 Å². The number of amidine groups is 1. The Morgan fingerprint density at radius 2 is 2.16 bits per heavy atom. The molecule has 0 heterocycles. The van der Waals surface area contributed by atoms with Crippen molar-refractivity contribution in [2.75, 3.05) is 6.61 Å². The van der Waals surface area contributed by atoms with Gasteiger partial charge in [-0.1, -0.05) is 23.4 Å². The predicted octanol–water partition coefficient (Wildman–Crippen LogP) is 0.707. The van der Waals surface area contributed by atoms with Gasteiger partial charge >= 0.3 is 0 Å². The topological polar surface area (TPSA) is 96.9 Å². The van der Waals surface area contributed by atoms with Crippen molar-refractivity contribution >= 4 is 11.7 Å². The van der Waals surface area contributed by atoms with Crippen LogP contribution in [0.15, 0.2) is 35.5 Å². The molecule has 1 unspecified atom stereocenters. The Labute approximate surface area is 111 Å². The number of carbonyl (C=O) groups excluding carboxylic acids is 1. The van der Waals surface area contributed by atoms with E-state index in [0.29, 0.717) is 5.75 Å². The average molecular weight is 263 g/mol. The molecular weight excluding hydrogens is 246 g/mol. The smallest absolute Gasteiger partial charge is 0.258 e. The summed E-state index contributed by atoms with van der Waals surface area (Å²) in [7, 11) is 0. The van der Waals surface area contributed by atoms with Gasteiger partial charge in [-0.25, -0.2) is 0 Å². The van der Waals surface area contributed by atoms with E-state index in [4.69, 9.17) is 15.7 Å². The van der Waals surface area contributed by atoms with Gasteiger partial charge in [-0.2, -0.15) is 0 Å². The van der Waals surface area contributed by atoms with Crippen LogP contribution < -0.4 is 15.8 Å². The number of nitrogens with two attached hydrogens (primary N) is 1. The lowest BCUT2D eigenvalue weighted by Crippen LogP contribution is -2.47. The number of nitrogens with one attached hydrogen (secondary N) is 1. The van der Waals surface area contributed by atoms with Gasteiger partial charge in [0.05, 0.1) is 6.04 Å². The number of amides is 1. The summed E-state index contributed by atoms with van der Waals surface area (Å²) >= 11 is 0. The standard InChI is InChI=1S/C13H17N3O3/c14-13(16-18)12(9-6-7-9)15-11(17)8-19-10-4-2-1-3-5-10/h1-5,9,12,18H,6-8H2,(H2,14,16)(H,15,17). The largest absolute Gasteiger partial charge is 0.484 e. The second-order valence-corrected chi connectivity index (χ2v) is 4.51. The molecule has 0 saturated heterocycles. The molecule has 6 heteroatoms. The summed E-state index contributed by atoms with van der Waals surface area (Å²) in [4.78, 5) is 11.8. The van der Waals surface area contributed by atoms with E-state index < -0.39 is 6.04 Å². The number of hydrogen-bond donors (Lipinski definition) is 3. The molecule has 1 atom stereocenters. The molecule has 1 amide bonds. The molecular formula is C13H17N3O3. The van der Waals surface area contributed by atoms with E-state index >= 15 is 0 Å². The minimum absolute atomic E-state index is 0.0376. The SMILES string of the molecule is NC(=NO)C(NC(=O)COc1ccccc1)C1CC1. The van der Waals surface area contributed by atoms with Crippen molar-refractivity contribution in [3.05, 3.63) is 30.3 Å². The number of para-hydroxylation sites is 1. The van der Waals surface area contributed by atoms with Crippen LogP contribution >= 0.6 is 0 Å². The second kappa shape index (κ2) is 6.08. The van der Waals surface area contributed by atoms with Crippen molar-refractivity contribution in [2.45, 2.75) is 18.9 Å². The van der Waals surface area contributed by atoms with Crippen molar-refractivity contribution < 1.29 is 14.7 Å². The molecule has 6 nitrogen and oxygen atoms in total. The van der Waals surface area contributed by atoms with Gasteiger partial charge in [-0.05, 0) is 30.9 Å². The molecule has 1 aromatic rings. The highest BCUT2D eigenvalue weighted by atomic mass is 16.5. The molecule has 1 aromatic carbocycles. The summed E-state index contributed by atoms with van der Waals surface area (Å²) in [5.74, 6) is 0.643. The van der Waals surface area contributed by atoms with Crippen LogP contribution in [0.4, 0.5) is 0 Å². The van der Waals surface area contributed by atoms with Crippen molar-refractivity contribution in [2.24, 2.45) is 16.8 Å². The van der Waals surface area contributed by atoms with Gasteiger partial charge in [0.15, 0.2) is 12.4 Å². The summed E-state index contributed by atoms with van der Waals surface area (Å²) in [6.07, 6.45) is 1.95. The highest BCUT2D eigenvalue weighted by Crippen LogP contribution is 2.32. The molecule has 0 spiro atoms. The highest BCUT2D eigenvalue weighted by molar-refractivity contribution is 5.90. The van der Waals surface area contributed by atoms with Gasteiger partial charge in [0.2, 0.25) is 0 Å². The third kappa shape index (κ3) is 3.87. The van der Waals surface area contributed by atoms with E-state index in [1.54, 1.807) is 12.1 Å². The lowest BCUT2D eigenvalue weighted by Gasteiger charge is -2.16. The van der Waals surface area contributed by atoms with Crippen molar-refractivity contribution in [1.29, 1.82) is 0 Å². The molecule has 0 bridgehead atoms. The van der Waals surface area contributed by atoms with Crippen LogP contribution in [-0.4, -0.2) is 29.6 Å². The maximum atomic E-state index is 11.8. The summed E-state index contributed by atoms with van der Waals surface area (Å²) in [6, 6.07) is 8.67. The Balaban J connectivity index is 1.83. The molecule has 1 aliphatic rings. The fraction of sp³-hybridized carbons (Fsp3) is 0.385. The summed E-state index contributed by atoms with van der Waals surface area (Å²) in [5.41, 5.74) is 5.56. The number of ether oxygens (including phenoxy) is 1. The van der Waals surface area contributed by atoms with Crippen molar-refractivity contribution in [3.63, 3.8) is 0 Å². The van der Waals surface area contributed by atoms with Crippen LogP contribution in [0.2, 0.25) is 0 Å². The number of nitrogens with zero attached hydrogens (tertiary/aromatic N) is 1. The highest BCUT2D eigenvalue weighted by Gasteiger charge is 2.35. The number of oxime groups is 1. The zero-order valence-electron chi connectivity index (χ0n) is 10.5. The van der Waals surface area contributed by atoms with E-state index in [-0.39, 0.29) is 24.3 Å². The second-order valence-electron chi connectivity index (χ2n) is 4.51. The monoisotopic (exact) mass is 263 g/mol. The Hall–Kier alpha value is -2.24. The van der Waals surface area contributed by atoms with Crippen LogP contribution in [0, 0.1) is 5.92 Å². The van der Waals surface area contributed by atoms with Gasteiger partial charge < -0.3 is 21.0 Å². The van der Waals surface area contributed by atoms with E-state index in [1.165, 1.54) is 0 Å². The average Bonchev–Trinajstić information content (AvgIpc) is 3.27. The van der Waals surface area contributed by atoms with Crippen LogP contribution in [-0.2, 0) is 4.79 Å². The quantitative estimate of drug-likeness (QED) is 0.305.